The van der Waals surface area contributed by atoms with Crippen molar-refractivity contribution in [1.82, 2.24) is 0 Å². The molecule has 50 heavy (non-hydrogen) atoms. The molecular weight excluding hydrogens is 601 g/mol. The lowest BCUT2D eigenvalue weighted by molar-refractivity contribution is 1.62. The van der Waals surface area contributed by atoms with Crippen molar-refractivity contribution in [2.45, 2.75) is 0 Å². The van der Waals surface area contributed by atoms with Gasteiger partial charge < -0.3 is 0 Å². The summed E-state index contributed by atoms with van der Waals surface area (Å²) in [5.41, 5.74) is 12.8. The minimum atomic E-state index is 1.23. The molecule has 0 heterocycles. The van der Waals surface area contributed by atoms with E-state index in [0.29, 0.717) is 0 Å². The van der Waals surface area contributed by atoms with Gasteiger partial charge in [0.1, 0.15) is 0 Å². The average Bonchev–Trinajstić information content (AvgIpc) is 3.52. The number of hydrogen-bond donors (Lipinski definition) is 0. The van der Waals surface area contributed by atoms with E-state index in [4.69, 9.17) is 0 Å². The second-order valence-electron chi connectivity index (χ2n) is 13.6. The van der Waals surface area contributed by atoms with Crippen molar-refractivity contribution in [2.75, 3.05) is 0 Å². The molecule has 0 nitrogen and oxygen atoms in total. The van der Waals surface area contributed by atoms with Crippen LogP contribution in [-0.2, 0) is 0 Å². The molecule has 0 saturated heterocycles. The highest BCUT2D eigenvalue weighted by Crippen LogP contribution is 2.49. The summed E-state index contributed by atoms with van der Waals surface area (Å²) in [6.45, 7) is 0. The van der Waals surface area contributed by atoms with Crippen molar-refractivity contribution in [3.63, 3.8) is 0 Å². The van der Waals surface area contributed by atoms with E-state index in [1.807, 2.05) is 0 Å². The Morgan fingerprint density at radius 3 is 1.60 bits per heavy atom. The van der Waals surface area contributed by atoms with E-state index in [1.54, 1.807) is 0 Å². The van der Waals surface area contributed by atoms with Gasteiger partial charge in [0.15, 0.2) is 0 Å². The molecule has 0 radical (unpaired) electrons. The van der Waals surface area contributed by atoms with Crippen LogP contribution < -0.4 is 0 Å². The van der Waals surface area contributed by atoms with E-state index in [-0.39, 0.29) is 0 Å². The fraction of sp³-hybridized carbons (Fsp3) is 0. The topological polar surface area (TPSA) is 0 Å². The van der Waals surface area contributed by atoms with E-state index < -0.39 is 0 Å². The first-order valence-corrected chi connectivity index (χ1v) is 17.4. The zero-order chi connectivity index (χ0) is 32.8. The Kier molecular flexibility index (Phi) is 5.76. The highest BCUT2D eigenvalue weighted by atomic mass is 14.2. The molecule has 1 aliphatic carbocycles. The maximum absolute atomic E-state index is 2.38. The van der Waals surface area contributed by atoms with Crippen molar-refractivity contribution >= 4 is 53.9 Å². The zero-order valence-corrected chi connectivity index (χ0v) is 27.3. The average molecular weight is 631 g/mol. The van der Waals surface area contributed by atoms with Gasteiger partial charge in [0.2, 0.25) is 0 Å². The van der Waals surface area contributed by atoms with Gasteiger partial charge in [0, 0.05) is 0 Å². The maximum Gasteiger partial charge on any atom is -0.00201 e. The second-order valence-corrected chi connectivity index (χ2v) is 13.6. The SMILES string of the molecule is c1cc(-c2ccc3cc(-c4cc5ccc6ccccc6c5c5ccccc45)ccc3c2)cc(-c2ccc3c4c(cccc24)-c2ccccc2-3)c1. The lowest BCUT2D eigenvalue weighted by atomic mass is 9.89. The molecule has 10 aromatic carbocycles. The van der Waals surface area contributed by atoms with Gasteiger partial charge >= 0.3 is 0 Å². The first-order chi connectivity index (χ1) is 24.8. The van der Waals surface area contributed by atoms with Gasteiger partial charge in [-0.1, -0.05) is 158 Å². The van der Waals surface area contributed by atoms with Crippen LogP contribution in [0.25, 0.3) is 109 Å². The first kappa shape index (κ1) is 27.5. The molecule has 0 aromatic heterocycles. The van der Waals surface area contributed by atoms with E-state index in [9.17, 15) is 0 Å². The summed E-state index contributed by atoms with van der Waals surface area (Å²) in [7, 11) is 0. The molecule has 0 saturated carbocycles. The standard InChI is InChI=1S/C50H30/c1-2-12-40-31(9-1)19-24-38-30-48(43-15-5-6-16-45(43)49(38)40)37-23-22-34-27-33(20-21-35(34)29-37)32-10-7-11-36(28-32)39-25-26-47-42-14-4-3-13-41(42)46-18-8-17-44(39)50(46)47/h1-30H. The van der Waals surface area contributed by atoms with Crippen LogP contribution in [0.4, 0.5) is 0 Å². The predicted octanol–water partition coefficient (Wildman–Crippen LogP) is 14.1. The lowest BCUT2D eigenvalue weighted by Gasteiger charge is -2.14. The third-order valence-corrected chi connectivity index (χ3v) is 11.0. The Bertz CT molecular complexity index is 3000. The Hall–Kier alpha value is -6.50. The molecule has 0 unspecified atom stereocenters. The van der Waals surface area contributed by atoms with E-state index in [1.165, 1.54) is 109 Å². The summed E-state index contributed by atoms with van der Waals surface area (Å²) < 4.78 is 0. The Balaban J connectivity index is 0.999. The van der Waals surface area contributed by atoms with Crippen LogP contribution in [0, 0.1) is 0 Å². The van der Waals surface area contributed by atoms with E-state index >= 15 is 0 Å². The largest absolute Gasteiger partial charge is 0.0616 e. The van der Waals surface area contributed by atoms with Gasteiger partial charge in [-0.25, -0.2) is 0 Å². The summed E-state index contributed by atoms with van der Waals surface area (Å²) in [5, 5.41) is 13.0. The fourth-order valence-electron chi connectivity index (χ4n) is 8.64. The molecule has 0 atom stereocenters. The molecule has 0 aliphatic heterocycles. The molecule has 0 amide bonds. The molecule has 0 bridgehead atoms. The molecule has 0 fully saturated rings. The molecular formula is C50H30. The van der Waals surface area contributed by atoms with E-state index in [0.717, 1.165) is 0 Å². The van der Waals surface area contributed by atoms with Gasteiger partial charge in [0.25, 0.3) is 0 Å². The van der Waals surface area contributed by atoms with Crippen LogP contribution in [0.3, 0.4) is 0 Å². The maximum atomic E-state index is 2.38. The van der Waals surface area contributed by atoms with Crippen LogP contribution >= 0.6 is 0 Å². The summed E-state index contributed by atoms with van der Waals surface area (Å²) in [5.74, 6) is 0. The monoisotopic (exact) mass is 630 g/mol. The zero-order valence-electron chi connectivity index (χ0n) is 27.3. The van der Waals surface area contributed by atoms with Gasteiger partial charge in [0.05, 0.1) is 0 Å². The van der Waals surface area contributed by atoms with Crippen LogP contribution in [0.2, 0.25) is 0 Å². The van der Waals surface area contributed by atoms with Crippen molar-refractivity contribution < 1.29 is 0 Å². The van der Waals surface area contributed by atoms with Crippen LogP contribution in [0.5, 0.6) is 0 Å². The Labute approximate surface area is 290 Å². The summed E-state index contributed by atoms with van der Waals surface area (Å²) in [6.07, 6.45) is 0. The number of fused-ring (bicyclic) bond motifs is 9. The van der Waals surface area contributed by atoms with Gasteiger partial charge in [-0.05, 0) is 134 Å². The summed E-state index contributed by atoms with van der Waals surface area (Å²) in [6, 6.07) is 67.5. The number of benzene rings is 10. The highest BCUT2D eigenvalue weighted by molar-refractivity contribution is 6.23. The van der Waals surface area contributed by atoms with Crippen molar-refractivity contribution in [3.8, 4) is 55.6 Å². The molecule has 11 rings (SSSR count). The third kappa shape index (κ3) is 4.00. The lowest BCUT2D eigenvalue weighted by Crippen LogP contribution is -1.87. The summed E-state index contributed by atoms with van der Waals surface area (Å²) >= 11 is 0. The normalized spacial score (nSPS) is 12.0. The molecule has 0 N–H and O–H groups in total. The van der Waals surface area contributed by atoms with Crippen molar-refractivity contribution in [1.29, 1.82) is 0 Å². The molecule has 0 heteroatoms. The Morgan fingerprint density at radius 2 is 0.740 bits per heavy atom. The van der Waals surface area contributed by atoms with Crippen LogP contribution in [-0.4, -0.2) is 0 Å². The summed E-state index contributed by atoms with van der Waals surface area (Å²) in [4.78, 5) is 0. The predicted molar refractivity (Wildman–Crippen MR) is 215 cm³/mol. The van der Waals surface area contributed by atoms with Crippen LogP contribution in [0.1, 0.15) is 0 Å². The third-order valence-electron chi connectivity index (χ3n) is 11.0. The highest BCUT2D eigenvalue weighted by Gasteiger charge is 2.22. The quantitative estimate of drug-likeness (QED) is 0.170. The van der Waals surface area contributed by atoms with Gasteiger partial charge in [-0.3, -0.25) is 0 Å². The van der Waals surface area contributed by atoms with Crippen LogP contribution in [0.15, 0.2) is 182 Å². The van der Waals surface area contributed by atoms with Crippen molar-refractivity contribution in [2.24, 2.45) is 0 Å². The van der Waals surface area contributed by atoms with E-state index in [2.05, 4.69) is 182 Å². The van der Waals surface area contributed by atoms with Crippen molar-refractivity contribution in [3.05, 3.63) is 182 Å². The molecule has 0 spiro atoms. The molecule has 10 aromatic rings. The number of rotatable bonds is 3. The fourth-order valence-corrected chi connectivity index (χ4v) is 8.64. The Morgan fingerprint density at radius 1 is 0.200 bits per heavy atom. The van der Waals surface area contributed by atoms with Gasteiger partial charge in [-0.2, -0.15) is 0 Å². The number of hydrogen-bond acceptors (Lipinski definition) is 0. The molecule has 1 aliphatic rings. The smallest absolute Gasteiger partial charge is 0.00201 e. The minimum Gasteiger partial charge on any atom is -0.0616 e. The molecule has 230 valence electrons. The first-order valence-electron chi connectivity index (χ1n) is 17.4. The minimum absolute atomic E-state index is 1.23. The second kappa shape index (κ2) is 10.5. The van der Waals surface area contributed by atoms with Gasteiger partial charge in [-0.15, -0.1) is 0 Å².